The number of hydrogen-bond acceptors (Lipinski definition) is 3. The minimum Gasteiger partial charge on any atom is -0.484 e. The van der Waals surface area contributed by atoms with Crippen molar-refractivity contribution in [2.45, 2.75) is 13.8 Å². The number of ether oxygens (including phenoxy) is 1. The largest absolute Gasteiger partial charge is 0.484 e. The molecule has 7 heteroatoms. The highest BCUT2D eigenvalue weighted by atomic mass is 35.5. The van der Waals surface area contributed by atoms with E-state index in [9.17, 15) is 9.59 Å². The van der Waals surface area contributed by atoms with Crippen molar-refractivity contribution in [3.05, 3.63) is 58.1 Å². The second-order valence-corrected chi connectivity index (χ2v) is 6.47. The summed E-state index contributed by atoms with van der Waals surface area (Å²) in [6.07, 6.45) is 0. The highest BCUT2D eigenvalue weighted by molar-refractivity contribution is 6.39. The van der Waals surface area contributed by atoms with Crippen molar-refractivity contribution in [3.8, 4) is 5.75 Å². The van der Waals surface area contributed by atoms with Crippen LogP contribution in [-0.2, 0) is 9.59 Å². The zero-order chi connectivity index (χ0) is 19.1. The number of carbonyl (C=O) groups excluding carboxylic acids is 2. The molecule has 0 aliphatic carbocycles. The van der Waals surface area contributed by atoms with E-state index in [0.717, 1.165) is 5.56 Å². The zero-order valence-electron chi connectivity index (χ0n) is 14.6. The molecular formula is C19H20Cl2N2O3. The summed E-state index contributed by atoms with van der Waals surface area (Å²) in [4.78, 5) is 25.9. The van der Waals surface area contributed by atoms with E-state index in [-0.39, 0.29) is 25.0 Å². The number of anilines is 1. The number of halogens is 2. The molecule has 0 saturated heterocycles. The van der Waals surface area contributed by atoms with Gasteiger partial charge in [-0.25, -0.2) is 0 Å². The number of likely N-dealkylation sites (N-methyl/N-ethyl adjacent to an activating group) is 1. The fraction of sp³-hybridized carbons (Fsp3) is 0.263. The van der Waals surface area contributed by atoms with Crippen molar-refractivity contribution in [2.24, 2.45) is 0 Å². The minimum atomic E-state index is -0.384. The van der Waals surface area contributed by atoms with Gasteiger partial charge in [-0.05, 0) is 38.1 Å². The van der Waals surface area contributed by atoms with Crippen LogP contribution < -0.4 is 10.1 Å². The Kier molecular flexibility index (Phi) is 7.30. The quantitative estimate of drug-likeness (QED) is 0.766. The van der Waals surface area contributed by atoms with Gasteiger partial charge in [-0.3, -0.25) is 9.59 Å². The molecule has 0 saturated carbocycles. The van der Waals surface area contributed by atoms with Crippen molar-refractivity contribution in [2.75, 3.05) is 25.0 Å². The van der Waals surface area contributed by atoms with Gasteiger partial charge in [0.15, 0.2) is 6.61 Å². The summed E-state index contributed by atoms with van der Waals surface area (Å²) in [5, 5.41) is 3.31. The Balaban J connectivity index is 1.91. The summed E-state index contributed by atoms with van der Waals surface area (Å²) in [6.45, 7) is 3.88. The Bertz CT molecular complexity index is 759. The number of benzene rings is 2. The van der Waals surface area contributed by atoms with Crippen molar-refractivity contribution >= 4 is 40.7 Å². The van der Waals surface area contributed by atoms with E-state index in [2.05, 4.69) is 5.32 Å². The van der Waals surface area contributed by atoms with Gasteiger partial charge in [0, 0.05) is 6.54 Å². The minimum absolute atomic E-state index is 0.117. The summed E-state index contributed by atoms with van der Waals surface area (Å²) < 4.78 is 5.48. The van der Waals surface area contributed by atoms with Crippen LogP contribution in [0.15, 0.2) is 42.5 Å². The van der Waals surface area contributed by atoms with Gasteiger partial charge >= 0.3 is 0 Å². The molecule has 26 heavy (non-hydrogen) atoms. The maximum Gasteiger partial charge on any atom is 0.260 e. The third-order valence-electron chi connectivity index (χ3n) is 3.68. The van der Waals surface area contributed by atoms with Gasteiger partial charge in [-0.1, -0.05) is 47.0 Å². The molecule has 138 valence electrons. The van der Waals surface area contributed by atoms with Crippen molar-refractivity contribution in [1.29, 1.82) is 0 Å². The highest BCUT2D eigenvalue weighted by Crippen LogP contribution is 2.29. The van der Waals surface area contributed by atoms with Crippen LogP contribution in [0.5, 0.6) is 5.75 Å². The molecule has 0 bridgehead atoms. The first-order valence-electron chi connectivity index (χ1n) is 8.11. The first kappa shape index (κ1) is 20.1. The Morgan fingerprint density at radius 2 is 1.69 bits per heavy atom. The molecule has 0 heterocycles. The van der Waals surface area contributed by atoms with E-state index in [1.807, 2.05) is 19.1 Å². The third kappa shape index (κ3) is 5.64. The molecule has 0 aromatic heterocycles. The molecule has 0 atom stereocenters. The molecule has 2 rings (SSSR count). The lowest BCUT2D eigenvalue weighted by Gasteiger charge is -2.21. The van der Waals surface area contributed by atoms with Gasteiger partial charge in [-0.15, -0.1) is 0 Å². The number of nitrogens with one attached hydrogen (secondary N) is 1. The smallest absolute Gasteiger partial charge is 0.260 e. The molecule has 2 aromatic rings. The van der Waals surface area contributed by atoms with E-state index in [0.29, 0.717) is 28.0 Å². The average Bonchev–Trinajstić information content (AvgIpc) is 2.62. The summed E-state index contributed by atoms with van der Waals surface area (Å²) in [5.41, 5.74) is 1.44. The molecule has 0 fully saturated rings. The van der Waals surface area contributed by atoms with Crippen LogP contribution in [0.4, 0.5) is 5.69 Å². The molecule has 0 aliphatic rings. The standard InChI is InChI=1S/C19H20Cl2N2O3/c1-3-23(18(25)12-26-14-9-7-13(2)8-10-14)11-17(24)22-19-15(20)5-4-6-16(19)21/h4-10H,3,11-12H2,1-2H3,(H,22,24). The predicted molar refractivity (Wildman–Crippen MR) is 104 cm³/mol. The van der Waals surface area contributed by atoms with Crippen molar-refractivity contribution in [1.82, 2.24) is 4.90 Å². The average molecular weight is 395 g/mol. The van der Waals surface area contributed by atoms with Crippen LogP contribution in [0.25, 0.3) is 0 Å². The van der Waals surface area contributed by atoms with Crippen molar-refractivity contribution in [3.63, 3.8) is 0 Å². The second-order valence-electron chi connectivity index (χ2n) is 5.65. The molecule has 2 aromatic carbocycles. The first-order valence-corrected chi connectivity index (χ1v) is 8.87. The summed E-state index contributed by atoms with van der Waals surface area (Å²) >= 11 is 12.1. The lowest BCUT2D eigenvalue weighted by Crippen LogP contribution is -2.40. The van der Waals surface area contributed by atoms with Gasteiger partial charge in [-0.2, -0.15) is 0 Å². The topological polar surface area (TPSA) is 58.6 Å². The fourth-order valence-corrected chi connectivity index (χ4v) is 2.71. The second kappa shape index (κ2) is 9.46. The SMILES string of the molecule is CCN(CC(=O)Nc1c(Cl)cccc1Cl)C(=O)COc1ccc(C)cc1. The van der Waals surface area contributed by atoms with Gasteiger partial charge in [0.1, 0.15) is 5.75 Å². The molecule has 1 N–H and O–H groups in total. The summed E-state index contributed by atoms with van der Waals surface area (Å²) in [6, 6.07) is 12.3. The van der Waals surface area contributed by atoms with Gasteiger partial charge in [0.05, 0.1) is 22.3 Å². The lowest BCUT2D eigenvalue weighted by atomic mass is 10.2. The number of hydrogen-bond donors (Lipinski definition) is 1. The number of para-hydroxylation sites is 1. The molecular weight excluding hydrogens is 375 g/mol. The normalized spacial score (nSPS) is 10.3. The van der Waals surface area contributed by atoms with Crippen LogP contribution in [0.1, 0.15) is 12.5 Å². The maximum absolute atomic E-state index is 12.3. The number of nitrogens with zero attached hydrogens (tertiary/aromatic N) is 1. The Labute approximate surface area is 162 Å². The monoisotopic (exact) mass is 394 g/mol. The summed E-state index contributed by atoms with van der Waals surface area (Å²) in [7, 11) is 0. The number of carbonyl (C=O) groups is 2. The van der Waals surface area contributed by atoms with E-state index in [1.54, 1.807) is 37.3 Å². The van der Waals surface area contributed by atoms with Crippen molar-refractivity contribution < 1.29 is 14.3 Å². The highest BCUT2D eigenvalue weighted by Gasteiger charge is 2.17. The molecule has 0 spiro atoms. The van der Waals surface area contributed by atoms with Crippen LogP contribution in [0.2, 0.25) is 10.0 Å². The number of amides is 2. The predicted octanol–water partition coefficient (Wildman–Crippen LogP) is 4.17. The molecule has 2 amide bonds. The molecule has 0 unspecified atom stereocenters. The van der Waals surface area contributed by atoms with Gasteiger partial charge in [0.25, 0.3) is 5.91 Å². The van der Waals surface area contributed by atoms with E-state index in [1.165, 1.54) is 4.90 Å². The Morgan fingerprint density at radius 1 is 1.08 bits per heavy atom. The number of rotatable bonds is 7. The van der Waals surface area contributed by atoms with E-state index >= 15 is 0 Å². The third-order valence-corrected chi connectivity index (χ3v) is 4.31. The van der Waals surface area contributed by atoms with Crippen LogP contribution >= 0.6 is 23.2 Å². The number of aryl methyl sites for hydroxylation is 1. The van der Waals surface area contributed by atoms with Crippen LogP contribution in [0, 0.1) is 6.92 Å². The van der Waals surface area contributed by atoms with Gasteiger partial charge in [0.2, 0.25) is 5.91 Å². The summed E-state index contributed by atoms with van der Waals surface area (Å²) in [5.74, 6) is -0.0636. The Hall–Kier alpha value is -2.24. The maximum atomic E-state index is 12.3. The molecule has 0 radical (unpaired) electrons. The van der Waals surface area contributed by atoms with Crippen LogP contribution in [0.3, 0.4) is 0 Å². The van der Waals surface area contributed by atoms with E-state index < -0.39 is 0 Å². The molecule has 5 nitrogen and oxygen atoms in total. The Morgan fingerprint density at radius 3 is 2.27 bits per heavy atom. The van der Waals surface area contributed by atoms with Gasteiger partial charge < -0.3 is 15.0 Å². The van der Waals surface area contributed by atoms with E-state index in [4.69, 9.17) is 27.9 Å². The lowest BCUT2D eigenvalue weighted by molar-refractivity contribution is -0.136. The first-order chi connectivity index (χ1) is 12.4. The molecule has 0 aliphatic heterocycles. The fourth-order valence-electron chi connectivity index (χ4n) is 2.22. The van der Waals surface area contributed by atoms with Crippen LogP contribution in [-0.4, -0.2) is 36.4 Å². The zero-order valence-corrected chi connectivity index (χ0v) is 16.1.